The van der Waals surface area contributed by atoms with Gasteiger partial charge in [0, 0.05) is 11.1 Å². The summed E-state index contributed by atoms with van der Waals surface area (Å²) < 4.78 is 21.9. The quantitative estimate of drug-likeness (QED) is 0.0930. The predicted molar refractivity (Wildman–Crippen MR) is 213 cm³/mol. The highest BCUT2D eigenvalue weighted by Crippen LogP contribution is 2.48. The number of rotatable bonds is 12. The Morgan fingerprint density at radius 2 is 0.827 bits per heavy atom. The predicted octanol–water partition coefficient (Wildman–Crippen LogP) is 12.6. The van der Waals surface area contributed by atoms with Gasteiger partial charge in [-0.1, -0.05) is 89.9 Å². The summed E-state index contributed by atoms with van der Waals surface area (Å²) in [4.78, 5) is 0. The van der Waals surface area contributed by atoms with E-state index in [4.69, 9.17) is 52.4 Å². The summed E-state index contributed by atoms with van der Waals surface area (Å²) in [7, 11) is 6.58. The maximum absolute atomic E-state index is 7.27. The maximum Gasteiger partial charge on any atom is 0.118 e. The minimum atomic E-state index is 0.407. The van der Waals surface area contributed by atoms with Crippen molar-refractivity contribution in [2.45, 2.75) is 0 Å². The third-order valence-electron chi connectivity index (χ3n) is 8.42. The second-order valence-electron chi connectivity index (χ2n) is 11.6. The first-order valence-electron chi connectivity index (χ1n) is 16.4. The number of benzene rings is 6. The van der Waals surface area contributed by atoms with Gasteiger partial charge in [0.15, 0.2) is 0 Å². The number of methoxy groups -OCH3 is 4. The lowest BCUT2D eigenvalue weighted by molar-refractivity contribution is 0.414. The van der Waals surface area contributed by atoms with Gasteiger partial charge in [0.2, 0.25) is 0 Å². The van der Waals surface area contributed by atoms with E-state index in [-0.39, 0.29) is 0 Å². The standard InChI is InChI=1S/C44H36Cl2N2O4/c1-49-34-18-10-29(11-19-34)26-38(31-14-22-36(51-3)23-15-31)42-40(45)28-41(46)43(44(42)48-47-33-8-6-5-7-9-33)39(32-16-24-37(52-4)25-17-32)27-30-12-20-35(50-2)21-13-30/h5-28H,1-4H3/b38-26-,39-27-,48-47?. The third-order valence-corrected chi connectivity index (χ3v) is 9.02. The zero-order valence-electron chi connectivity index (χ0n) is 29.1. The summed E-state index contributed by atoms with van der Waals surface area (Å²) >= 11 is 14.5. The van der Waals surface area contributed by atoms with Crippen molar-refractivity contribution in [3.05, 3.63) is 177 Å². The summed E-state index contributed by atoms with van der Waals surface area (Å²) in [6.07, 6.45) is 4.14. The van der Waals surface area contributed by atoms with Crippen LogP contribution in [-0.4, -0.2) is 28.4 Å². The molecule has 0 saturated heterocycles. The Morgan fingerprint density at radius 3 is 1.19 bits per heavy atom. The Kier molecular flexibility index (Phi) is 11.7. The molecular formula is C44H36Cl2N2O4. The molecule has 0 saturated carbocycles. The highest BCUT2D eigenvalue weighted by molar-refractivity contribution is 6.38. The molecule has 0 N–H and O–H groups in total. The lowest BCUT2D eigenvalue weighted by atomic mass is 9.88. The number of hydrogen-bond acceptors (Lipinski definition) is 6. The van der Waals surface area contributed by atoms with E-state index >= 15 is 0 Å². The molecule has 6 aromatic carbocycles. The highest BCUT2D eigenvalue weighted by Gasteiger charge is 2.24. The molecule has 0 aliphatic carbocycles. The highest BCUT2D eigenvalue weighted by atomic mass is 35.5. The van der Waals surface area contributed by atoms with Crippen LogP contribution >= 0.6 is 23.2 Å². The molecule has 0 amide bonds. The Balaban J connectivity index is 1.69. The van der Waals surface area contributed by atoms with Crippen LogP contribution in [0.25, 0.3) is 23.3 Å². The topological polar surface area (TPSA) is 61.6 Å². The van der Waals surface area contributed by atoms with Gasteiger partial charge in [-0.05, 0) is 112 Å². The molecule has 0 bridgehead atoms. The zero-order valence-corrected chi connectivity index (χ0v) is 30.7. The fraction of sp³-hybridized carbons (Fsp3) is 0.0909. The number of hydrogen-bond donors (Lipinski definition) is 0. The van der Waals surface area contributed by atoms with Crippen LogP contribution in [0.4, 0.5) is 11.4 Å². The minimum Gasteiger partial charge on any atom is -0.497 e. The van der Waals surface area contributed by atoms with E-state index in [9.17, 15) is 0 Å². The number of azo groups is 1. The van der Waals surface area contributed by atoms with E-state index in [0.717, 1.165) is 56.4 Å². The van der Waals surface area contributed by atoms with Crippen LogP contribution in [0.2, 0.25) is 10.0 Å². The first-order valence-corrected chi connectivity index (χ1v) is 17.2. The van der Waals surface area contributed by atoms with E-state index < -0.39 is 0 Å². The average Bonchev–Trinajstić information content (AvgIpc) is 3.19. The third kappa shape index (κ3) is 8.37. The van der Waals surface area contributed by atoms with Crippen molar-refractivity contribution in [1.29, 1.82) is 0 Å². The van der Waals surface area contributed by atoms with Crippen molar-refractivity contribution in [2.24, 2.45) is 10.2 Å². The van der Waals surface area contributed by atoms with E-state index in [1.54, 1.807) is 34.5 Å². The second-order valence-corrected chi connectivity index (χ2v) is 12.4. The largest absolute Gasteiger partial charge is 0.497 e. The van der Waals surface area contributed by atoms with Gasteiger partial charge in [0.1, 0.15) is 28.7 Å². The second kappa shape index (κ2) is 16.9. The summed E-state index contributed by atoms with van der Waals surface area (Å²) in [6, 6.07) is 42.6. The molecule has 0 atom stereocenters. The van der Waals surface area contributed by atoms with Gasteiger partial charge in [-0.25, -0.2) is 0 Å². The Hall–Kier alpha value is -5.82. The van der Waals surface area contributed by atoms with Crippen molar-refractivity contribution in [3.63, 3.8) is 0 Å². The smallest absolute Gasteiger partial charge is 0.118 e. The molecule has 0 aliphatic rings. The molecule has 6 aromatic rings. The molecule has 6 nitrogen and oxygen atoms in total. The van der Waals surface area contributed by atoms with E-state index in [2.05, 4.69) is 12.2 Å². The molecule has 6 rings (SSSR count). The fourth-order valence-electron chi connectivity index (χ4n) is 5.70. The monoisotopic (exact) mass is 726 g/mol. The molecule has 0 aliphatic heterocycles. The van der Waals surface area contributed by atoms with Crippen LogP contribution < -0.4 is 18.9 Å². The summed E-state index contributed by atoms with van der Waals surface area (Å²) in [5.74, 6) is 2.95. The Bertz CT molecular complexity index is 2080. The van der Waals surface area contributed by atoms with Crippen LogP contribution in [0, 0.1) is 0 Å². The maximum atomic E-state index is 7.27. The van der Waals surface area contributed by atoms with Gasteiger partial charge in [-0.15, -0.1) is 5.11 Å². The number of halogens is 2. The first-order chi connectivity index (χ1) is 25.4. The number of ether oxygens (including phenoxy) is 4. The molecule has 0 unspecified atom stereocenters. The Morgan fingerprint density at radius 1 is 0.462 bits per heavy atom. The molecule has 260 valence electrons. The SMILES string of the molecule is COc1ccc(/C=C(/c2ccc(OC)cc2)c2c(Cl)cc(Cl)c(/C(=C\c3ccc(OC)cc3)c3ccc(OC)cc3)c2N=Nc2ccccc2)cc1. The first kappa shape index (κ1) is 36.0. The van der Waals surface area contributed by atoms with Crippen LogP contribution in [0.1, 0.15) is 33.4 Å². The van der Waals surface area contributed by atoms with Gasteiger partial charge >= 0.3 is 0 Å². The minimum absolute atomic E-state index is 0.407. The van der Waals surface area contributed by atoms with Crippen molar-refractivity contribution in [1.82, 2.24) is 0 Å². The van der Waals surface area contributed by atoms with Crippen molar-refractivity contribution in [3.8, 4) is 23.0 Å². The molecule has 0 spiro atoms. The van der Waals surface area contributed by atoms with Gasteiger partial charge in [-0.2, -0.15) is 5.11 Å². The van der Waals surface area contributed by atoms with Crippen molar-refractivity contribution in [2.75, 3.05) is 28.4 Å². The zero-order chi connectivity index (χ0) is 36.5. The molecule has 0 fully saturated rings. The van der Waals surface area contributed by atoms with E-state index in [0.29, 0.717) is 32.5 Å². The fourth-order valence-corrected chi connectivity index (χ4v) is 6.35. The van der Waals surface area contributed by atoms with Crippen LogP contribution in [0.3, 0.4) is 0 Å². The molecule has 0 heterocycles. The van der Waals surface area contributed by atoms with Gasteiger partial charge in [0.05, 0.1) is 44.2 Å². The summed E-state index contributed by atoms with van der Waals surface area (Å²) in [6.45, 7) is 0. The number of nitrogens with zero attached hydrogens (tertiary/aromatic N) is 2. The van der Waals surface area contributed by atoms with Crippen LogP contribution in [-0.2, 0) is 0 Å². The van der Waals surface area contributed by atoms with Crippen LogP contribution in [0.5, 0.6) is 23.0 Å². The van der Waals surface area contributed by atoms with Crippen molar-refractivity contribution < 1.29 is 18.9 Å². The Labute approximate surface area is 314 Å². The normalized spacial score (nSPS) is 11.8. The molecule has 52 heavy (non-hydrogen) atoms. The van der Waals surface area contributed by atoms with Crippen LogP contribution in [0.15, 0.2) is 144 Å². The van der Waals surface area contributed by atoms with E-state index in [1.807, 2.05) is 127 Å². The molecule has 8 heteroatoms. The summed E-state index contributed by atoms with van der Waals surface area (Å²) in [5, 5.41) is 10.5. The molecule has 0 radical (unpaired) electrons. The molecular weight excluding hydrogens is 691 g/mol. The molecule has 0 aromatic heterocycles. The van der Waals surface area contributed by atoms with Gasteiger partial charge < -0.3 is 18.9 Å². The van der Waals surface area contributed by atoms with Gasteiger partial charge in [-0.3, -0.25) is 0 Å². The van der Waals surface area contributed by atoms with Gasteiger partial charge in [0.25, 0.3) is 0 Å². The summed E-state index contributed by atoms with van der Waals surface area (Å²) in [5.41, 5.74) is 7.68. The van der Waals surface area contributed by atoms with Crippen molar-refractivity contribution >= 4 is 57.9 Å². The lowest BCUT2D eigenvalue weighted by Crippen LogP contribution is -1.98. The van der Waals surface area contributed by atoms with E-state index in [1.165, 1.54) is 0 Å². The average molecular weight is 728 g/mol. The lowest BCUT2D eigenvalue weighted by Gasteiger charge is -2.20.